The summed E-state index contributed by atoms with van der Waals surface area (Å²) in [5.41, 5.74) is 3.23. The fraction of sp³-hybridized carbons (Fsp3) is 0.520. The maximum Gasteiger partial charge on any atom is 0.265 e. The van der Waals surface area contributed by atoms with Gasteiger partial charge in [-0.2, -0.15) is 8.42 Å². The van der Waals surface area contributed by atoms with Gasteiger partial charge in [0.05, 0.1) is 11.9 Å². The van der Waals surface area contributed by atoms with Crippen LogP contribution in [0.4, 0.5) is 5.69 Å². The molecule has 35 heavy (non-hydrogen) atoms. The van der Waals surface area contributed by atoms with Gasteiger partial charge in [0.15, 0.2) is 5.94 Å². The molecule has 1 heterocycles. The Morgan fingerprint density at radius 1 is 1.03 bits per heavy atom. The predicted octanol–water partition coefficient (Wildman–Crippen LogP) is 2.10. The minimum Gasteiger partial charge on any atom is -0.388 e. The lowest BCUT2D eigenvalue weighted by Crippen LogP contribution is -2.45. The SMILES string of the molecule is CCC1(c2cccc(NS(=O)(=O)COS(C)(=O)=O)c2)C2CN(CC3(O)Cc4ccccc4C3)CC21. The van der Waals surface area contributed by atoms with Crippen molar-refractivity contribution >= 4 is 25.8 Å². The molecule has 2 fully saturated rings. The van der Waals surface area contributed by atoms with E-state index >= 15 is 0 Å². The van der Waals surface area contributed by atoms with Gasteiger partial charge in [0, 0.05) is 43.6 Å². The summed E-state index contributed by atoms with van der Waals surface area (Å²) in [7, 11) is -7.84. The minimum atomic E-state index is -3.97. The highest BCUT2D eigenvalue weighted by Crippen LogP contribution is 2.65. The normalized spacial score (nSPS) is 27.4. The van der Waals surface area contributed by atoms with Gasteiger partial charge in [0.25, 0.3) is 20.1 Å². The number of benzene rings is 2. The monoisotopic (exact) mass is 520 g/mol. The molecule has 3 aliphatic rings. The number of sulfonamides is 1. The number of likely N-dealkylation sites (tertiary alicyclic amines) is 1. The third-order valence-electron chi connectivity index (χ3n) is 7.96. The zero-order valence-electron chi connectivity index (χ0n) is 20.0. The van der Waals surface area contributed by atoms with Gasteiger partial charge in [0.1, 0.15) is 0 Å². The summed E-state index contributed by atoms with van der Waals surface area (Å²) in [6, 6.07) is 15.6. The van der Waals surface area contributed by atoms with Crippen LogP contribution in [0.3, 0.4) is 0 Å². The van der Waals surface area contributed by atoms with Gasteiger partial charge >= 0.3 is 0 Å². The van der Waals surface area contributed by atoms with Gasteiger partial charge in [-0.05, 0) is 47.1 Å². The highest BCUT2D eigenvalue weighted by atomic mass is 32.2. The quantitative estimate of drug-likeness (QED) is 0.487. The summed E-state index contributed by atoms with van der Waals surface area (Å²) in [6.07, 6.45) is 3.14. The lowest BCUT2D eigenvalue weighted by atomic mass is 9.87. The van der Waals surface area contributed by atoms with Crippen LogP contribution in [-0.4, -0.2) is 64.3 Å². The summed E-state index contributed by atoms with van der Waals surface area (Å²) in [5.74, 6) is -0.0392. The van der Waals surface area contributed by atoms with Crippen LogP contribution in [0, 0.1) is 11.8 Å². The van der Waals surface area contributed by atoms with Crippen molar-refractivity contribution in [2.24, 2.45) is 11.8 Å². The summed E-state index contributed by atoms with van der Waals surface area (Å²) in [6.45, 7) is 4.65. The molecule has 2 atom stereocenters. The average Bonchev–Trinajstić information content (AvgIpc) is 3.04. The molecule has 0 spiro atoms. The first-order chi connectivity index (χ1) is 16.4. The van der Waals surface area contributed by atoms with E-state index in [4.69, 9.17) is 0 Å². The molecule has 2 aromatic carbocycles. The lowest BCUT2D eigenvalue weighted by molar-refractivity contribution is 0.0139. The molecular weight excluding hydrogens is 488 g/mol. The maximum atomic E-state index is 12.3. The summed E-state index contributed by atoms with van der Waals surface area (Å²) < 4.78 is 53.7. The van der Waals surface area contributed by atoms with Gasteiger partial charge in [0.2, 0.25) is 0 Å². The predicted molar refractivity (Wildman–Crippen MR) is 134 cm³/mol. The Labute approximate surface area is 207 Å². The molecule has 1 saturated heterocycles. The second-order valence-electron chi connectivity index (χ2n) is 10.4. The van der Waals surface area contributed by atoms with Gasteiger partial charge in [-0.25, -0.2) is 8.42 Å². The first kappa shape index (κ1) is 24.7. The van der Waals surface area contributed by atoms with Crippen LogP contribution < -0.4 is 4.72 Å². The van der Waals surface area contributed by atoms with E-state index in [1.165, 1.54) is 11.1 Å². The highest BCUT2D eigenvalue weighted by molar-refractivity contribution is 7.93. The van der Waals surface area contributed by atoms with E-state index in [1.807, 2.05) is 30.3 Å². The number of hydrogen-bond donors (Lipinski definition) is 2. The zero-order valence-corrected chi connectivity index (χ0v) is 21.6. The van der Waals surface area contributed by atoms with Crippen molar-refractivity contribution in [3.05, 3.63) is 65.2 Å². The fourth-order valence-electron chi connectivity index (χ4n) is 6.54. The van der Waals surface area contributed by atoms with Crippen molar-refractivity contribution < 1.29 is 26.1 Å². The van der Waals surface area contributed by atoms with E-state index < -0.39 is 31.7 Å². The van der Waals surface area contributed by atoms with E-state index in [0.717, 1.165) is 31.3 Å². The number of hydrogen-bond acceptors (Lipinski definition) is 7. The summed E-state index contributed by atoms with van der Waals surface area (Å²) >= 11 is 0. The number of piperidine rings is 1. The maximum absolute atomic E-state index is 12.3. The molecule has 0 radical (unpaired) electrons. The molecule has 2 aliphatic carbocycles. The second kappa shape index (κ2) is 8.55. The molecule has 1 aliphatic heterocycles. The van der Waals surface area contributed by atoms with Gasteiger partial charge in [-0.3, -0.25) is 13.8 Å². The van der Waals surface area contributed by atoms with Crippen LogP contribution in [0.5, 0.6) is 0 Å². The average molecular weight is 521 g/mol. The minimum absolute atomic E-state index is 0.0114. The Bertz CT molecular complexity index is 1300. The number of nitrogens with zero attached hydrogens (tertiary/aromatic N) is 1. The molecule has 5 rings (SSSR count). The van der Waals surface area contributed by atoms with Gasteiger partial charge < -0.3 is 5.11 Å². The van der Waals surface area contributed by atoms with Crippen LogP contribution in [0.1, 0.15) is 30.0 Å². The van der Waals surface area contributed by atoms with E-state index in [-0.39, 0.29) is 5.41 Å². The Morgan fingerprint density at radius 3 is 2.23 bits per heavy atom. The molecule has 2 aromatic rings. The van der Waals surface area contributed by atoms with E-state index in [2.05, 4.69) is 32.9 Å². The van der Waals surface area contributed by atoms with Crippen LogP contribution in [0.15, 0.2) is 48.5 Å². The molecule has 0 aromatic heterocycles. The molecule has 0 bridgehead atoms. The van der Waals surface area contributed by atoms with Gasteiger partial charge in [-0.15, -0.1) is 0 Å². The van der Waals surface area contributed by atoms with Crippen molar-refractivity contribution in [3.63, 3.8) is 0 Å². The molecule has 8 nitrogen and oxygen atoms in total. The number of aliphatic hydroxyl groups is 1. The lowest BCUT2D eigenvalue weighted by Gasteiger charge is -2.32. The number of rotatable bonds is 9. The van der Waals surface area contributed by atoms with Crippen LogP contribution in [0.2, 0.25) is 0 Å². The Kier molecular flexibility index (Phi) is 6.04. The van der Waals surface area contributed by atoms with Crippen molar-refractivity contribution in [3.8, 4) is 0 Å². The van der Waals surface area contributed by atoms with E-state index in [9.17, 15) is 21.9 Å². The number of fused-ring (bicyclic) bond motifs is 2. The Balaban J connectivity index is 1.24. The molecule has 1 saturated carbocycles. The molecule has 10 heteroatoms. The smallest absolute Gasteiger partial charge is 0.265 e. The third kappa shape index (κ3) is 4.86. The van der Waals surface area contributed by atoms with E-state index in [0.29, 0.717) is 36.9 Å². The fourth-order valence-corrected chi connectivity index (χ4v) is 8.29. The number of nitrogens with one attached hydrogen (secondary N) is 1. The van der Waals surface area contributed by atoms with Crippen molar-refractivity contribution in [2.45, 2.75) is 37.2 Å². The first-order valence-electron chi connectivity index (χ1n) is 11.9. The zero-order chi connectivity index (χ0) is 25.1. The summed E-state index contributed by atoms with van der Waals surface area (Å²) in [5, 5.41) is 11.3. The van der Waals surface area contributed by atoms with Crippen LogP contribution in [0.25, 0.3) is 0 Å². The van der Waals surface area contributed by atoms with E-state index in [1.54, 1.807) is 6.07 Å². The first-order valence-corrected chi connectivity index (χ1v) is 15.4. The van der Waals surface area contributed by atoms with Gasteiger partial charge in [-0.1, -0.05) is 43.3 Å². The topological polar surface area (TPSA) is 113 Å². The Hall–Kier alpha value is -1.98. The molecule has 2 N–H and O–H groups in total. The molecule has 2 unspecified atom stereocenters. The molecule has 190 valence electrons. The van der Waals surface area contributed by atoms with Crippen molar-refractivity contribution in [2.75, 3.05) is 36.6 Å². The van der Waals surface area contributed by atoms with Crippen molar-refractivity contribution in [1.82, 2.24) is 4.90 Å². The summed E-state index contributed by atoms with van der Waals surface area (Å²) in [4.78, 5) is 2.38. The molecular formula is C25H32N2O6S2. The third-order valence-corrected chi connectivity index (χ3v) is 9.63. The largest absolute Gasteiger partial charge is 0.388 e. The number of anilines is 1. The second-order valence-corrected chi connectivity index (χ2v) is 13.7. The molecule has 0 amide bonds. The van der Waals surface area contributed by atoms with Crippen LogP contribution >= 0.6 is 0 Å². The highest BCUT2D eigenvalue weighted by Gasteiger charge is 2.67. The number of β-amino-alcohol motifs (C(OH)–C–C–N with tert-alkyl or cyclic N) is 1. The standard InChI is InChI=1S/C25H32N2O6S2/c1-3-25(20-9-6-10-21(11-20)26-35(31,32)17-33-34(2,29)30)22-14-27(15-23(22)25)16-24(28)12-18-7-4-5-8-19(18)13-24/h4-11,22-23,26,28H,3,12-17H2,1-2H3. The van der Waals surface area contributed by atoms with Crippen LogP contribution in [-0.2, 0) is 42.6 Å². The Morgan fingerprint density at radius 2 is 1.66 bits per heavy atom. The van der Waals surface area contributed by atoms with Crippen molar-refractivity contribution in [1.29, 1.82) is 0 Å².